The van der Waals surface area contributed by atoms with E-state index in [1.54, 1.807) is 0 Å². The summed E-state index contributed by atoms with van der Waals surface area (Å²) < 4.78 is 0. The smallest absolute Gasteiger partial charge is 0.0499 e. The van der Waals surface area contributed by atoms with Gasteiger partial charge in [-0.05, 0) is 25.7 Å². The van der Waals surface area contributed by atoms with E-state index in [2.05, 4.69) is 19.2 Å². The Bertz CT molecular complexity index is 226. The zero-order valence-corrected chi connectivity index (χ0v) is 14.6. The molecule has 1 aliphatic carbocycles. The Morgan fingerprint density at radius 3 is 1.95 bits per heavy atom. The van der Waals surface area contributed by atoms with Crippen molar-refractivity contribution in [3.63, 3.8) is 0 Å². The molecule has 1 saturated carbocycles. The van der Waals surface area contributed by atoms with E-state index >= 15 is 0 Å². The highest BCUT2D eigenvalue weighted by atomic mass is 16.3. The Balaban J connectivity index is 2.37. The molecule has 0 heterocycles. The van der Waals surface area contributed by atoms with Crippen molar-refractivity contribution in [3.05, 3.63) is 0 Å². The average Bonchev–Trinajstić information content (AvgIpc) is 2.53. The van der Waals surface area contributed by atoms with Gasteiger partial charge >= 0.3 is 0 Å². The number of aliphatic hydroxyl groups is 1. The second-order valence-corrected chi connectivity index (χ2v) is 7.29. The monoisotopic (exact) mass is 297 g/mol. The number of aliphatic hydroxyl groups excluding tert-OH is 1. The summed E-state index contributed by atoms with van der Waals surface area (Å²) in [6.07, 6.45) is 17.1. The number of hydrogen-bond acceptors (Lipinski definition) is 2. The lowest BCUT2D eigenvalue weighted by Crippen LogP contribution is -2.43. The van der Waals surface area contributed by atoms with Gasteiger partial charge in [0.05, 0.1) is 0 Å². The molecule has 2 nitrogen and oxygen atoms in total. The minimum atomic E-state index is 0.187. The molecule has 0 aromatic rings. The average molecular weight is 298 g/mol. The van der Waals surface area contributed by atoms with E-state index in [1.807, 2.05) is 0 Å². The van der Waals surface area contributed by atoms with Crippen LogP contribution in [-0.2, 0) is 0 Å². The minimum Gasteiger partial charge on any atom is -0.396 e. The number of hydrogen-bond donors (Lipinski definition) is 2. The Kier molecular flexibility index (Phi) is 10.4. The van der Waals surface area contributed by atoms with Gasteiger partial charge in [0.2, 0.25) is 0 Å². The van der Waals surface area contributed by atoms with Crippen molar-refractivity contribution in [1.82, 2.24) is 5.32 Å². The highest BCUT2D eigenvalue weighted by Gasteiger charge is 2.31. The molecule has 0 saturated heterocycles. The van der Waals surface area contributed by atoms with Gasteiger partial charge in [0.1, 0.15) is 0 Å². The third kappa shape index (κ3) is 7.65. The highest BCUT2D eigenvalue weighted by Crippen LogP contribution is 2.35. The lowest BCUT2D eigenvalue weighted by Gasteiger charge is -2.37. The van der Waals surface area contributed by atoms with Crippen LogP contribution >= 0.6 is 0 Å². The molecule has 1 rings (SSSR count). The molecule has 1 fully saturated rings. The summed E-state index contributed by atoms with van der Waals surface area (Å²) in [7, 11) is 0. The summed E-state index contributed by atoms with van der Waals surface area (Å²) >= 11 is 0. The van der Waals surface area contributed by atoms with Gasteiger partial charge in [-0.2, -0.15) is 0 Å². The van der Waals surface area contributed by atoms with Crippen molar-refractivity contribution in [3.8, 4) is 0 Å². The number of rotatable bonds is 12. The van der Waals surface area contributed by atoms with Gasteiger partial charge in [0.25, 0.3) is 0 Å². The Morgan fingerprint density at radius 1 is 0.905 bits per heavy atom. The van der Waals surface area contributed by atoms with E-state index in [-0.39, 0.29) is 5.41 Å². The van der Waals surface area contributed by atoms with Crippen LogP contribution in [0.2, 0.25) is 0 Å². The molecule has 0 unspecified atom stereocenters. The SMILES string of the molecule is CCCCCC(CCCCC)NCC1(CO)CCCCC1. The van der Waals surface area contributed by atoms with Gasteiger partial charge in [-0.25, -0.2) is 0 Å². The first kappa shape index (κ1) is 19.0. The molecular weight excluding hydrogens is 258 g/mol. The quantitative estimate of drug-likeness (QED) is 0.494. The molecule has 21 heavy (non-hydrogen) atoms. The second-order valence-electron chi connectivity index (χ2n) is 7.29. The molecule has 0 aromatic carbocycles. The number of unbranched alkanes of at least 4 members (excludes halogenated alkanes) is 4. The van der Waals surface area contributed by atoms with Gasteiger partial charge in [-0.3, -0.25) is 0 Å². The van der Waals surface area contributed by atoms with Crippen molar-refractivity contribution < 1.29 is 5.11 Å². The topological polar surface area (TPSA) is 32.3 Å². The Labute approximate surface area is 133 Å². The second kappa shape index (κ2) is 11.5. The summed E-state index contributed by atoms with van der Waals surface area (Å²) in [6.45, 7) is 5.97. The summed E-state index contributed by atoms with van der Waals surface area (Å²) in [6, 6.07) is 0.674. The fraction of sp³-hybridized carbons (Fsp3) is 1.00. The zero-order chi connectivity index (χ0) is 15.4. The van der Waals surface area contributed by atoms with Crippen molar-refractivity contribution >= 4 is 0 Å². The molecule has 0 spiro atoms. The van der Waals surface area contributed by atoms with Gasteiger partial charge in [0.15, 0.2) is 0 Å². The Morgan fingerprint density at radius 2 is 1.48 bits per heavy atom. The highest BCUT2D eigenvalue weighted by molar-refractivity contribution is 4.85. The molecule has 126 valence electrons. The van der Waals surface area contributed by atoms with E-state index in [9.17, 15) is 5.11 Å². The molecule has 0 amide bonds. The van der Waals surface area contributed by atoms with Crippen LogP contribution in [0, 0.1) is 5.41 Å². The molecule has 0 atom stereocenters. The minimum absolute atomic E-state index is 0.187. The van der Waals surface area contributed by atoms with Gasteiger partial charge < -0.3 is 10.4 Å². The third-order valence-corrected chi connectivity index (χ3v) is 5.33. The lowest BCUT2D eigenvalue weighted by atomic mass is 9.74. The van der Waals surface area contributed by atoms with Crippen LogP contribution in [0.5, 0.6) is 0 Å². The normalized spacial score (nSPS) is 18.3. The van der Waals surface area contributed by atoms with Crippen LogP contribution < -0.4 is 5.32 Å². The van der Waals surface area contributed by atoms with E-state index in [4.69, 9.17) is 0 Å². The van der Waals surface area contributed by atoms with Crippen molar-refractivity contribution in [2.75, 3.05) is 13.2 Å². The van der Waals surface area contributed by atoms with E-state index in [0.29, 0.717) is 12.6 Å². The molecular formula is C19H39NO. The van der Waals surface area contributed by atoms with E-state index in [0.717, 1.165) is 6.54 Å². The molecule has 1 aliphatic rings. The number of nitrogens with one attached hydrogen (secondary N) is 1. The summed E-state index contributed by atoms with van der Waals surface area (Å²) in [5.41, 5.74) is 0.187. The summed E-state index contributed by atoms with van der Waals surface area (Å²) in [5.74, 6) is 0. The first-order valence-corrected chi connectivity index (χ1v) is 9.60. The van der Waals surface area contributed by atoms with Crippen molar-refractivity contribution in [2.24, 2.45) is 5.41 Å². The summed E-state index contributed by atoms with van der Waals surface area (Å²) in [4.78, 5) is 0. The molecule has 0 bridgehead atoms. The fourth-order valence-corrected chi connectivity index (χ4v) is 3.68. The molecule has 0 radical (unpaired) electrons. The largest absolute Gasteiger partial charge is 0.396 e. The first-order valence-electron chi connectivity index (χ1n) is 9.60. The first-order chi connectivity index (χ1) is 10.3. The van der Waals surface area contributed by atoms with Crippen LogP contribution in [0.1, 0.15) is 97.3 Å². The Hall–Kier alpha value is -0.0800. The third-order valence-electron chi connectivity index (χ3n) is 5.33. The fourth-order valence-electron chi connectivity index (χ4n) is 3.68. The predicted molar refractivity (Wildman–Crippen MR) is 92.7 cm³/mol. The lowest BCUT2D eigenvalue weighted by molar-refractivity contribution is 0.0773. The molecule has 2 N–H and O–H groups in total. The summed E-state index contributed by atoms with van der Waals surface area (Å²) in [5, 5.41) is 13.7. The maximum atomic E-state index is 9.84. The molecule has 0 aliphatic heterocycles. The van der Waals surface area contributed by atoms with E-state index in [1.165, 1.54) is 83.5 Å². The van der Waals surface area contributed by atoms with E-state index < -0.39 is 0 Å². The van der Waals surface area contributed by atoms with Crippen LogP contribution in [0.15, 0.2) is 0 Å². The van der Waals surface area contributed by atoms with Gasteiger partial charge in [-0.1, -0.05) is 71.6 Å². The zero-order valence-electron chi connectivity index (χ0n) is 14.6. The standard InChI is InChI=1S/C19H39NO/c1-3-5-8-12-18(13-9-6-4-2)20-16-19(17-21)14-10-7-11-15-19/h18,20-21H,3-17H2,1-2H3. The van der Waals surface area contributed by atoms with Crippen LogP contribution in [0.3, 0.4) is 0 Å². The van der Waals surface area contributed by atoms with Crippen LogP contribution in [0.25, 0.3) is 0 Å². The maximum Gasteiger partial charge on any atom is 0.0499 e. The van der Waals surface area contributed by atoms with Crippen LogP contribution in [-0.4, -0.2) is 24.3 Å². The molecule has 0 aromatic heterocycles. The van der Waals surface area contributed by atoms with Crippen molar-refractivity contribution in [1.29, 1.82) is 0 Å². The van der Waals surface area contributed by atoms with Gasteiger partial charge in [0, 0.05) is 24.6 Å². The van der Waals surface area contributed by atoms with Crippen LogP contribution in [0.4, 0.5) is 0 Å². The molecule has 2 heteroatoms. The van der Waals surface area contributed by atoms with Gasteiger partial charge in [-0.15, -0.1) is 0 Å². The van der Waals surface area contributed by atoms with Crippen molar-refractivity contribution in [2.45, 2.75) is 103 Å². The predicted octanol–water partition coefficient (Wildman–Crippen LogP) is 5.05. The maximum absolute atomic E-state index is 9.84.